The Balaban J connectivity index is 1.57. The van der Waals surface area contributed by atoms with Crippen LogP contribution in [-0.4, -0.2) is 96.9 Å². The monoisotopic (exact) mass is 499 g/mol. The number of piperidine rings is 1. The van der Waals surface area contributed by atoms with Gasteiger partial charge in [0.1, 0.15) is 0 Å². The lowest BCUT2D eigenvalue weighted by molar-refractivity contribution is -0.140. The van der Waals surface area contributed by atoms with E-state index in [9.17, 15) is 9.59 Å². The second-order valence-corrected chi connectivity index (χ2v) is 10.3. The predicted octanol–water partition coefficient (Wildman–Crippen LogP) is 2.40. The summed E-state index contributed by atoms with van der Waals surface area (Å²) in [4.78, 5) is 36.0. The first-order valence-corrected chi connectivity index (χ1v) is 13.3. The van der Waals surface area contributed by atoms with E-state index < -0.39 is 0 Å². The normalized spacial score (nSPS) is 20.7. The van der Waals surface area contributed by atoms with Crippen molar-refractivity contribution in [3.05, 3.63) is 30.1 Å². The summed E-state index contributed by atoms with van der Waals surface area (Å²) >= 11 is 0. The van der Waals surface area contributed by atoms with Gasteiger partial charge in [-0.3, -0.25) is 9.59 Å². The smallest absolute Gasteiger partial charge is 0.290 e. The maximum absolute atomic E-state index is 14.1. The Morgan fingerprint density at radius 3 is 2.72 bits per heavy atom. The lowest BCUT2D eigenvalue weighted by atomic mass is 9.92. The molecule has 2 saturated heterocycles. The first kappa shape index (κ1) is 26.6. The number of imidazole rings is 1. The van der Waals surface area contributed by atoms with Crippen LogP contribution < -0.4 is 5.32 Å². The number of hydrogen-bond donors (Lipinski definition) is 1. The number of aryl methyl sites for hydroxylation is 1. The zero-order valence-electron chi connectivity index (χ0n) is 21.9. The number of aromatic nitrogens is 2. The highest BCUT2D eigenvalue weighted by atomic mass is 16.5. The maximum Gasteiger partial charge on any atom is 0.290 e. The molecule has 198 valence electrons. The van der Waals surface area contributed by atoms with E-state index in [1.165, 1.54) is 0 Å². The molecule has 2 aliphatic heterocycles. The molecule has 4 rings (SSSR count). The van der Waals surface area contributed by atoms with Crippen LogP contribution in [0.3, 0.4) is 0 Å². The van der Waals surface area contributed by atoms with Gasteiger partial charge in [0.05, 0.1) is 30.2 Å². The Kier molecular flexibility index (Phi) is 9.34. The third kappa shape index (κ3) is 6.25. The van der Waals surface area contributed by atoms with Crippen LogP contribution >= 0.6 is 0 Å². The SMILES string of the molecule is COCCCCn1c(C(=O)N(CC(C)C)[C@@H]2CNCC(C(=O)N3CCOCC3)C2)nc2ccccc21. The Morgan fingerprint density at radius 1 is 1.19 bits per heavy atom. The fraction of sp³-hybridized carbons (Fsp3) is 0.667. The van der Waals surface area contributed by atoms with Gasteiger partial charge in [0.2, 0.25) is 5.91 Å². The van der Waals surface area contributed by atoms with Crippen molar-refractivity contribution in [2.24, 2.45) is 11.8 Å². The number of nitrogens with zero attached hydrogens (tertiary/aromatic N) is 4. The largest absolute Gasteiger partial charge is 0.385 e. The van der Waals surface area contributed by atoms with Crippen LogP contribution in [0.4, 0.5) is 0 Å². The van der Waals surface area contributed by atoms with Crippen LogP contribution in [0.25, 0.3) is 11.0 Å². The molecule has 9 heteroatoms. The van der Waals surface area contributed by atoms with Crippen molar-refractivity contribution in [3.8, 4) is 0 Å². The number of amides is 2. The molecule has 1 N–H and O–H groups in total. The van der Waals surface area contributed by atoms with Crippen LogP contribution in [-0.2, 0) is 20.8 Å². The first-order chi connectivity index (χ1) is 17.5. The number of morpholine rings is 1. The molecule has 0 aliphatic carbocycles. The second-order valence-electron chi connectivity index (χ2n) is 10.3. The summed E-state index contributed by atoms with van der Waals surface area (Å²) in [6, 6.07) is 7.87. The van der Waals surface area contributed by atoms with Crippen LogP contribution in [0.5, 0.6) is 0 Å². The van der Waals surface area contributed by atoms with E-state index in [1.807, 2.05) is 34.1 Å². The van der Waals surface area contributed by atoms with Crippen LogP contribution in [0.2, 0.25) is 0 Å². The van der Waals surface area contributed by atoms with Crippen LogP contribution in [0, 0.1) is 11.8 Å². The minimum atomic E-state index is -0.142. The van der Waals surface area contributed by atoms with E-state index in [4.69, 9.17) is 14.5 Å². The minimum Gasteiger partial charge on any atom is -0.385 e. The number of hydrogen-bond acceptors (Lipinski definition) is 6. The first-order valence-electron chi connectivity index (χ1n) is 13.3. The predicted molar refractivity (Wildman–Crippen MR) is 139 cm³/mol. The average Bonchev–Trinajstić information content (AvgIpc) is 3.28. The van der Waals surface area contributed by atoms with E-state index in [-0.39, 0.29) is 23.8 Å². The number of carbonyl (C=O) groups excluding carboxylic acids is 2. The number of rotatable bonds is 10. The van der Waals surface area contributed by atoms with E-state index in [2.05, 4.69) is 23.7 Å². The molecule has 1 aromatic heterocycles. The number of benzene rings is 1. The topological polar surface area (TPSA) is 88.9 Å². The number of nitrogens with one attached hydrogen (secondary N) is 1. The minimum absolute atomic E-state index is 0.0575. The summed E-state index contributed by atoms with van der Waals surface area (Å²) in [5.41, 5.74) is 1.81. The molecule has 36 heavy (non-hydrogen) atoms. The van der Waals surface area contributed by atoms with Gasteiger partial charge >= 0.3 is 0 Å². The lowest BCUT2D eigenvalue weighted by Gasteiger charge is -2.40. The van der Waals surface area contributed by atoms with Crippen molar-refractivity contribution >= 4 is 22.8 Å². The van der Waals surface area contributed by atoms with Gasteiger partial charge < -0.3 is 29.2 Å². The highest BCUT2D eigenvalue weighted by molar-refractivity contribution is 5.95. The summed E-state index contributed by atoms with van der Waals surface area (Å²) in [6.45, 7) is 10.1. The van der Waals surface area contributed by atoms with E-state index >= 15 is 0 Å². The number of ether oxygens (including phenoxy) is 2. The molecule has 0 radical (unpaired) electrons. The molecular formula is C27H41N5O4. The molecule has 1 aromatic carbocycles. The zero-order chi connectivity index (χ0) is 25.5. The maximum atomic E-state index is 14.1. The van der Waals surface area contributed by atoms with Crippen molar-refractivity contribution < 1.29 is 19.1 Å². The van der Waals surface area contributed by atoms with Crippen molar-refractivity contribution in [1.82, 2.24) is 24.7 Å². The lowest BCUT2D eigenvalue weighted by Crippen LogP contribution is -2.56. The third-order valence-corrected chi connectivity index (χ3v) is 7.09. The van der Waals surface area contributed by atoms with Gasteiger partial charge in [-0.2, -0.15) is 0 Å². The van der Waals surface area contributed by atoms with E-state index in [0.717, 1.165) is 23.9 Å². The van der Waals surface area contributed by atoms with Gasteiger partial charge in [-0.1, -0.05) is 26.0 Å². The van der Waals surface area contributed by atoms with Crippen LogP contribution in [0.15, 0.2) is 24.3 Å². The summed E-state index contributed by atoms with van der Waals surface area (Å²) in [7, 11) is 1.71. The molecule has 2 aromatic rings. The second kappa shape index (κ2) is 12.7. The molecule has 2 atom stereocenters. The highest BCUT2D eigenvalue weighted by Gasteiger charge is 2.36. The van der Waals surface area contributed by atoms with Crippen molar-refractivity contribution in [1.29, 1.82) is 0 Å². The molecule has 2 fully saturated rings. The molecule has 1 unspecified atom stereocenters. The molecule has 0 bridgehead atoms. The number of unbranched alkanes of at least 4 members (excludes halogenated alkanes) is 1. The summed E-state index contributed by atoms with van der Waals surface area (Å²) in [5.74, 6) is 0.743. The molecule has 9 nitrogen and oxygen atoms in total. The Morgan fingerprint density at radius 2 is 1.97 bits per heavy atom. The molecule has 2 amide bonds. The molecule has 2 aliphatic rings. The van der Waals surface area contributed by atoms with Gasteiger partial charge in [0, 0.05) is 59.0 Å². The van der Waals surface area contributed by atoms with Crippen molar-refractivity contribution in [2.45, 2.75) is 45.7 Å². The molecule has 3 heterocycles. The summed E-state index contributed by atoms with van der Waals surface area (Å²) < 4.78 is 12.7. The average molecular weight is 500 g/mol. The highest BCUT2D eigenvalue weighted by Crippen LogP contribution is 2.24. The summed E-state index contributed by atoms with van der Waals surface area (Å²) in [6.07, 6.45) is 2.49. The third-order valence-electron chi connectivity index (χ3n) is 7.09. The fourth-order valence-electron chi connectivity index (χ4n) is 5.29. The van der Waals surface area contributed by atoms with Gasteiger partial charge in [-0.05, 0) is 37.3 Å². The van der Waals surface area contributed by atoms with E-state index in [0.29, 0.717) is 77.3 Å². The zero-order valence-corrected chi connectivity index (χ0v) is 21.9. The Labute approximate surface area is 214 Å². The molecule has 0 spiro atoms. The Hall–Kier alpha value is -2.49. The summed E-state index contributed by atoms with van der Waals surface area (Å²) in [5, 5.41) is 3.44. The number of fused-ring (bicyclic) bond motifs is 1. The molecule has 0 saturated carbocycles. The number of carbonyl (C=O) groups is 2. The van der Waals surface area contributed by atoms with E-state index in [1.54, 1.807) is 7.11 Å². The van der Waals surface area contributed by atoms with Gasteiger partial charge in [-0.25, -0.2) is 4.98 Å². The number of para-hydroxylation sites is 2. The van der Waals surface area contributed by atoms with Gasteiger partial charge in [0.15, 0.2) is 5.82 Å². The van der Waals surface area contributed by atoms with Crippen molar-refractivity contribution in [2.75, 3.05) is 59.7 Å². The molecular weight excluding hydrogens is 458 g/mol. The quantitative estimate of drug-likeness (QED) is 0.505. The fourth-order valence-corrected chi connectivity index (χ4v) is 5.29. The standard InChI is InChI=1S/C27H41N5O4/c1-20(2)19-32(22-16-21(17-28-18-22)26(33)30-11-14-36-15-12-30)27(34)25-29-23-8-4-5-9-24(23)31(25)10-6-7-13-35-3/h4-5,8-9,20-22,28H,6-7,10-19H2,1-3H3/t21?,22-/m0/s1. The van der Waals surface area contributed by atoms with Crippen molar-refractivity contribution in [3.63, 3.8) is 0 Å². The number of methoxy groups -OCH3 is 1. The Bertz CT molecular complexity index is 1020. The van der Waals surface area contributed by atoms with Gasteiger partial charge in [0.25, 0.3) is 5.91 Å². The van der Waals surface area contributed by atoms with Crippen LogP contribution in [0.1, 0.15) is 43.7 Å². The van der Waals surface area contributed by atoms with Gasteiger partial charge in [-0.15, -0.1) is 0 Å².